The molecule has 0 saturated carbocycles. The summed E-state index contributed by atoms with van der Waals surface area (Å²) in [5.41, 5.74) is 2.73. The minimum absolute atomic E-state index is 0.0153. The Morgan fingerprint density at radius 1 is 1.10 bits per heavy atom. The highest BCUT2D eigenvalue weighted by atomic mass is 35.5. The smallest absolute Gasteiger partial charge is 0.253 e. The van der Waals surface area contributed by atoms with Gasteiger partial charge in [-0.05, 0) is 42.7 Å². The second-order valence-corrected chi connectivity index (χ2v) is 8.54. The SMILES string of the molecule is CCNC(=NCC(C)(C)c1ccccc1Cl)NCCc1cccc(C(=O)N(C)C)c1. The van der Waals surface area contributed by atoms with E-state index in [0.29, 0.717) is 12.1 Å². The molecule has 5 nitrogen and oxygen atoms in total. The molecular weight excluding hydrogens is 396 g/mol. The predicted octanol–water partition coefficient (Wildman–Crippen LogP) is 4.12. The van der Waals surface area contributed by atoms with Gasteiger partial charge in [0.2, 0.25) is 0 Å². The molecule has 0 atom stereocenters. The Hall–Kier alpha value is -2.53. The fraction of sp³-hybridized carbons (Fsp3) is 0.417. The topological polar surface area (TPSA) is 56.7 Å². The van der Waals surface area contributed by atoms with Crippen molar-refractivity contribution in [2.75, 3.05) is 33.7 Å². The molecule has 0 aromatic heterocycles. The maximum absolute atomic E-state index is 12.2. The molecule has 0 fully saturated rings. The zero-order valence-electron chi connectivity index (χ0n) is 18.6. The molecule has 2 aromatic rings. The van der Waals surface area contributed by atoms with E-state index in [9.17, 15) is 4.79 Å². The van der Waals surface area contributed by atoms with E-state index in [1.165, 1.54) is 0 Å². The second-order valence-electron chi connectivity index (χ2n) is 8.14. The highest BCUT2D eigenvalue weighted by Gasteiger charge is 2.23. The molecule has 2 aromatic carbocycles. The van der Waals surface area contributed by atoms with Crippen LogP contribution in [0.3, 0.4) is 0 Å². The van der Waals surface area contributed by atoms with Crippen LogP contribution in [0.4, 0.5) is 0 Å². The summed E-state index contributed by atoms with van der Waals surface area (Å²) in [5.74, 6) is 0.791. The number of guanidine groups is 1. The molecule has 0 saturated heterocycles. The summed E-state index contributed by atoms with van der Waals surface area (Å²) in [5, 5.41) is 7.45. The van der Waals surface area contributed by atoms with Gasteiger partial charge in [-0.15, -0.1) is 0 Å². The van der Waals surface area contributed by atoms with Crippen molar-refractivity contribution in [2.45, 2.75) is 32.6 Å². The van der Waals surface area contributed by atoms with Crippen LogP contribution in [0.25, 0.3) is 0 Å². The van der Waals surface area contributed by atoms with Gasteiger partial charge >= 0.3 is 0 Å². The molecule has 0 aliphatic carbocycles. The lowest BCUT2D eigenvalue weighted by molar-refractivity contribution is 0.0827. The summed E-state index contributed by atoms with van der Waals surface area (Å²) in [7, 11) is 3.53. The fourth-order valence-electron chi connectivity index (χ4n) is 3.16. The van der Waals surface area contributed by atoms with E-state index >= 15 is 0 Å². The van der Waals surface area contributed by atoms with Crippen molar-refractivity contribution in [2.24, 2.45) is 4.99 Å². The first-order valence-corrected chi connectivity index (χ1v) is 10.7. The summed E-state index contributed by atoms with van der Waals surface area (Å²) >= 11 is 6.38. The quantitative estimate of drug-likeness (QED) is 0.491. The number of amides is 1. The van der Waals surface area contributed by atoms with Gasteiger partial charge in [-0.25, -0.2) is 0 Å². The molecule has 1 amide bonds. The lowest BCUT2D eigenvalue weighted by Gasteiger charge is -2.25. The second kappa shape index (κ2) is 11.0. The first-order chi connectivity index (χ1) is 14.2. The monoisotopic (exact) mass is 428 g/mol. The molecule has 2 N–H and O–H groups in total. The van der Waals surface area contributed by atoms with E-state index in [1.807, 2.05) is 49.4 Å². The highest BCUT2D eigenvalue weighted by Crippen LogP contribution is 2.29. The molecule has 0 radical (unpaired) electrons. The van der Waals surface area contributed by atoms with Gasteiger partial charge in [-0.3, -0.25) is 9.79 Å². The zero-order chi connectivity index (χ0) is 22.1. The third-order valence-electron chi connectivity index (χ3n) is 4.87. The molecule has 2 rings (SSSR count). The van der Waals surface area contributed by atoms with Gasteiger partial charge in [0.1, 0.15) is 0 Å². The number of nitrogens with one attached hydrogen (secondary N) is 2. The number of nitrogens with zero attached hydrogens (tertiary/aromatic N) is 2. The van der Waals surface area contributed by atoms with Crippen molar-refractivity contribution in [1.29, 1.82) is 0 Å². The Morgan fingerprint density at radius 2 is 1.83 bits per heavy atom. The lowest BCUT2D eigenvalue weighted by Crippen LogP contribution is -2.39. The van der Waals surface area contributed by atoms with Crippen molar-refractivity contribution in [3.63, 3.8) is 0 Å². The van der Waals surface area contributed by atoms with Gasteiger partial charge < -0.3 is 15.5 Å². The first kappa shape index (κ1) is 23.7. The maximum atomic E-state index is 12.2. The molecule has 162 valence electrons. The van der Waals surface area contributed by atoms with E-state index in [2.05, 4.69) is 30.5 Å². The average Bonchev–Trinajstić information content (AvgIpc) is 2.72. The third-order valence-corrected chi connectivity index (χ3v) is 5.20. The Bertz CT molecular complexity index is 877. The van der Waals surface area contributed by atoms with Gasteiger partial charge in [0, 0.05) is 43.2 Å². The number of halogens is 1. The van der Waals surface area contributed by atoms with Crippen molar-refractivity contribution in [3.05, 3.63) is 70.2 Å². The third kappa shape index (κ3) is 6.77. The Morgan fingerprint density at radius 3 is 2.50 bits per heavy atom. The number of benzene rings is 2. The zero-order valence-corrected chi connectivity index (χ0v) is 19.4. The molecule has 0 aliphatic heterocycles. The predicted molar refractivity (Wildman–Crippen MR) is 127 cm³/mol. The number of hydrogen-bond acceptors (Lipinski definition) is 2. The van der Waals surface area contributed by atoms with E-state index < -0.39 is 0 Å². The van der Waals surface area contributed by atoms with Crippen LogP contribution in [0.15, 0.2) is 53.5 Å². The highest BCUT2D eigenvalue weighted by molar-refractivity contribution is 6.31. The van der Waals surface area contributed by atoms with Gasteiger partial charge in [0.15, 0.2) is 5.96 Å². The molecule has 6 heteroatoms. The van der Waals surface area contributed by atoms with E-state index in [-0.39, 0.29) is 11.3 Å². The number of rotatable bonds is 8. The minimum atomic E-state index is -0.179. The summed E-state index contributed by atoms with van der Waals surface area (Å²) in [4.78, 5) is 18.5. The first-order valence-electron chi connectivity index (χ1n) is 10.3. The van der Waals surface area contributed by atoms with Crippen LogP contribution in [0.1, 0.15) is 42.3 Å². The van der Waals surface area contributed by atoms with Crippen molar-refractivity contribution in [1.82, 2.24) is 15.5 Å². The molecule has 0 spiro atoms. The maximum Gasteiger partial charge on any atom is 0.253 e. The molecule has 30 heavy (non-hydrogen) atoms. The van der Waals surface area contributed by atoms with Crippen molar-refractivity contribution in [3.8, 4) is 0 Å². The van der Waals surface area contributed by atoms with Gasteiger partial charge in [-0.2, -0.15) is 0 Å². The Labute approximate surface area is 185 Å². The Kier molecular flexibility index (Phi) is 8.72. The standard InChI is InChI=1S/C24H33ClN4O/c1-6-26-23(28-17-24(2,3)20-12-7-8-13-21(20)25)27-15-14-18-10-9-11-19(16-18)22(30)29(4)5/h7-13,16H,6,14-15,17H2,1-5H3,(H2,26,27,28). The molecule has 0 bridgehead atoms. The van der Waals surface area contributed by atoms with Crippen LogP contribution < -0.4 is 10.6 Å². The summed E-state index contributed by atoms with van der Waals surface area (Å²) in [6, 6.07) is 15.7. The summed E-state index contributed by atoms with van der Waals surface area (Å²) < 4.78 is 0. The van der Waals surface area contributed by atoms with Crippen LogP contribution in [-0.4, -0.2) is 50.5 Å². The van der Waals surface area contributed by atoms with Crippen LogP contribution in [0.2, 0.25) is 5.02 Å². The lowest BCUT2D eigenvalue weighted by atomic mass is 9.85. The van der Waals surface area contributed by atoms with E-state index in [0.717, 1.165) is 41.6 Å². The summed E-state index contributed by atoms with van der Waals surface area (Å²) in [6.45, 7) is 8.46. The minimum Gasteiger partial charge on any atom is -0.357 e. The van der Waals surface area contributed by atoms with E-state index in [4.69, 9.17) is 16.6 Å². The Balaban J connectivity index is 2.00. The number of carbonyl (C=O) groups excluding carboxylic acids is 1. The molecule has 0 heterocycles. The fourth-order valence-corrected chi connectivity index (χ4v) is 3.55. The number of carbonyl (C=O) groups is 1. The van der Waals surface area contributed by atoms with Crippen LogP contribution in [-0.2, 0) is 11.8 Å². The van der Waals surface area contributed by atoms with Crippen LogP contribution in [0.5, 0.6) is 0 Å². The number of aliphatic imine (C=N–C) groups is 1. The van der Waals surface area contributed by atoms with Crippen molar-refractivity contribution < 1.29 is 4.79 Å². The summed E-state index contributed by atoms with van der Waals surface area (Å²) in [6.07, 6.45) is 0.798. The van der Waals surface area contributed by atoms with Crippen LogP contribution in [0, 0.1) is 0 Å². The van der Waals surface area contributed by atoms with Crippen molar-refractivity contribution >= 4 is 23.5 Å². The molecule has 0 unspecified atom stereocenters. The van der Waals surface area contributed by atoms with Gasteiger partial charge in [0.05, 0.1) is 6.54 Å². The molecule has 0 aliphatic rings. The molecular formula is C24H33ClN4O. The van der Waals surface area contributed by atoms with Gasteiger partial charge in [-0.1, -0.05) is 55.8 Å². The average molecular weight is 429 g/mol. The van der Waals surface area contributed by atoms with Gasteiger partial charge in [0.25, 0.3) is 5.91 Å². The van der Waals surface area contributed by atoms with E-state index in [1.54, 1.807) is 19.0 Å². The largest absolute Gasteiger partial charge is 0.357 e. The normalized spacial score (nSPS) is 11.9. The van der Waals surface area contributed by atoms with Crippen LogP contribution >= 0.6 is 11.6 Å². The number of hydrogen-bond donors (Lipinski definition) is 2.